The van der Waals surface area contributed by atoms with Gasteiger partial charge < -0.3 is 5.32 Å². The molecule has 3 amide bonds. The van der Waals surface area contributed by atoms with Gasteiger partial charge in [-0.1, -0.05) is 66.2 Å². The summed E-state index contributed by atoms with van der Waals surface area (Å²) in [5, 5.41) is 2.89. The van der Waals surface area contributed by atoms with E-state index in [-0.39, 0.29) is 12.5 Å². The molecule has 1 heterocycles. The Bertz CT molecular complexity index is 753. The van der Waals surface area contributed by atoms with Gasteiger partial charge in [0.05, 0.1) is 0 Å². The van der Waals surface area contributed by atoms with Gasteiger partial charge in [0.2, 0.25) is 0 Å². The predicted octanol–water partition coefficient (Wildman–Crippen LogP) is 2.98. The van der Waals surface area contributed by atoms with E-state index < -0.39 is 11.6 Å². The Balaban J connectivity index is 2.20. The molecule has 1 fully saturated rings. The summed E-state index contributed by atoms with van der Waals surface area (Å²) < 4.78 is 0. The van der Waals surface area contributed by atoms with Gasteiger partial charge in [-0.05, 0) is 18.1 Å². The van der Waals surface area contributed by atoms with Crippen molar-refractivity contribution in [3.63, 3.8) is 0 Å². The Hall–Kier alpha value is -2.88. The molecule has 0 radical (unpaired) electrons. The molecule has 0 unspecified atom stereocenters. The summed E-state index contributed by atoms with van der Waals surface area (Å²) >= 11 is 0. The van der Waals surface area contributed by atoms with Gasteiger partial charge in [0.25, 0.3) is 5.91 Å². The molecule has 2 aromatic carbocycles. The summed E-state index contributed by atoms with van der Waals surface area (Å²) in [5.41, 5.74) is 1.40. The summed E-state index contributed by atoms with van der Waals surface area (Å²) in [5.74, 6) is -0.280. The highest BCUT2D eigenvalue weighted by atomic mass is 16.2. The van der Waals surface area contributed by atoms with Crippen LogP contribution in [0.15, 0.2) is 67.3 Å². The molecule has 0 spiro atoms. The van der Waals surface area contributed by atoms with E-state index in [1.807, 2.05) is 61.5 Å². The molecule has 116 valence electrons. The normalized spacial score (nSPS) is 20.5. The van der Waals surface area contributed by atoms with Crippen LogP contribution < -0.4 is 5.32 Å². The molecule has 1 aliphatic rings. The van der Waals surface area contributed by atoms with Crippen LogP contribution in [0.3, 0.4) is 0 Å². The van der Waals surface area contributed by atoms with Gasteiger partial charge in [-0.3, -0.25) is 9.69 Å². The average molecular weight is 306 g/mol. The van der Waals surface area contributed by atoms with E-state index in [1.165, 1.54) is 4.90 Å². The topological polar surface area (TPSA) is 49.4 Å². The number of benzene rings is 2. The fourth-order valence-corrected chi connectivity index (χ4v) is 2.92. The smallest absolute Gasteiger partial charge is 0.315 e. The number of hydrogen-bond donors (Lipinski definition) is 1. The largest absolute Gasteiger partial charge is 0.325 e. The van der Waals surface area contributed by atoms with E-state index in [2.05, 4.69) is 11.9 Å². The van der Waals surface area contributed by atoms with Crippen LogP contribution in [0.5, 0.6) is 0 Å². The van der Waals surface area contributed by atoms with Crippen molar-refractivity contribution in [3.8, 4) is 0 Å². The van der Waals surface area contributed by atoms with Crippen molar-refractivity contribution in [2.75, 3.05) is 6.54 Å². The number of rotatable bonds is 4. The summed E-state index contributed by atoms with van der Waals surface area (Å²) in [6, 6.07) is 16.6. The van der Waals surface area contributed by atoms with Crippen molar-refractivity contribution in [2.45, 2.75) is 12.5 Å². The van der Waals surface area contributed by atoms with Gasteiger partial charge in [-0.25, -0.2) is 4.79 Å². The third-order valence-corrected chi connectivity index (χ3v) is 4.11. The van der Waals surface area contributed by atoms with Crippen LogP contribution in [-0.2, 0) is 10.3 Å². The lowest BCUT2D eigenvalue weighted by molar-refractivity contribution is -0.129. The molecule has 1 saturated heterocycles. The molecule has 0 saturated carbocycles. The zero-order valence-electron chi connectivity index (χ0n) is 13.0. The molecule has 0 bridgehead atoms. The summed E-state index contributed by atoms with van der Waals surface area (Å²) in [7, 11) is 0. The van der Waals surface area contributed by atoms with Gasteiger partial charge in [0.15, 0.2) is 5.54 Å². The lowest BCUT2D eigenvalue weighted by atomic mass is 9.82. The molecule has 23 heavy (non-hydrogen) atoms. The molecule has 1 atom stereocenters. The maximum absolute atomic E-state index is 13.1. The number of nitrogens with zero attached hydrogens (tertiary/aromatic N) is 1. The third-order valence-electron chi connectivity index (χ3n) is 4.11. The zero-order chi connectivity index (χ0) is 16.4. The number of hydrogen-bond acceptors (Lipinski definition) is 2. The van der Waals surface area contributed by atoms with E-state index in [9.17, 15) is 9.59 Å². The highest BCUT2D eigenvalue weighted by Crippen LogP contribution is 2.36. The van der Waals surface area contributed by atoms with Crippen molar-refractivity contribution < 1.29 is 9.59 Å². The van der Waals surface area contributed by atoms with Gasteiger partial charge in [0.1, 0.15) is 0 Å². The second-order valence-corrected chi connectivity index (χ2v) is 5.62. The Labute approximate surface area is 135 Å². The lowest BCUT2D eigenvalue weighted by Gasteiger charge is -2.28. The van der Waals surface area contributed by atoms with Crippen molar-refractivity contribution >= 4 is 11.9 Å². The summed E-state index contributed by atoms with van der Waals surface area (Å²) in [6.07, 6.45) is 1.55. The van der Waals surface area contributed by atoms with Crippen LogP contribution in [0.4, 0.5) is 4.79 Å². The standard InChI is InChI=1S/C19H18N2O2/c1-3-13-21-17(22)19(20-18(21)23,15-7-5-4-6-8-15)16-11-9-14(2)10-12-16/h3-12H,1,13H2,2H3,(H,20,23)/t19-/m0/s1. The number of imide groups is 1. The molecule has 0 aliphatic carbocycles. The number of carbonyl (C=O) groups is 2. The highest BCUT2D eigenvalue weighted by molar-refractivity contribution is 6.09. The fourth-order valence-electron chi connectivity index (χ4n) is 2.92. The molecule has 2 aromatic rings. The van der Waals surface area contributed by atoms with Crippen molar-refractivity contribution in [3.05, 3.63) is 83.9 Å². The fraction of sp³-hybridized carbons (Fsp3) is 0.158. The lowest BCUT2D eigenvalue weighted by Crippen LogP contribution is -2.45. The van der Waals surface area contributed by atoms with E-state index in [0.29, 0.717) is 0 Å². The van der Waals surface area contributed by atoms with Crippen molar-refractivity contribution in [1.29, 1.82) is 0 Å². The number of carbonyl (C=O) groups excluding carboxylic acids is 2. The van der Waals surface area contributed by atoms with Gasteiger partial charge in [-0.2, -0.15) is 0 Å². The van der Waals surface area contributed by atoms with Crippen LogP contribution in [0.1, 0.15) is 16.7 Å². The van der Waals surface area contributed by atoms with Crippen LogP contribution in [0, 0.1) is 6.92 Å². The monoisotopic (exact) mass is 306 g/mol. The van der Waals surface area contributed by atoms with Crippen molar-refractivity contribution in [1.82, 2.24) is 10.2 Å². The second-order valence-electron chi connectivity index (χ2n) is 5.62. The van der Waals surface area contributed by atoms with E-state index in [0.717, 1.165) is 16.7 Å². The van der Waals surface area contributed by atoms with E-state index in [1.54, 1.807) is 6.08 Å². The Morgan fingerprint density at radius 1 is 1.04 bits per heavy atom. The quantitative estimate of drug-likeness (QED) is 0.697. The SMILES string of the molecule is C=CCN1C(=O)N[C@@](c2ccccc2)(c2ccc(C)cc2)C1=O. The minimum Gasteiger partial charge on any atom is -0.315 e. The second kappa shape index (κ2) is 5.72. The van der Waals surface area contributed by atoms with Gasteiger partial charge in [0, 0.05) is 6.54 Å². The minimum absolute atomic E-state index is 0.186. The molecule has 4 nitrogen and oxygen atoms in total. The summed E-state index contributed by atoms with van der Waals surface area (Å²) in [6.45, 7) is 5.79. The predicted molar refractivity (Wildman–Crippen MR) is 88.8 cm³/mol. The number of aryl methyl sites for hydroxylation is 1. The van der Waals surface area contributed by atoms with Crippen LogP contribution in [-0.4, -0.2) is 23.4 Å². The first-order chi connectivity index (χ1) is 11.1. The molecule has 1 N–H and O–H groups in total. The number of nitrogens with one attached hydrogen (secondary N) is 1. The van der Waals surface area contributed by atoms with Gasteiger partial charge >= 0.3 is 6.03 Å². The molecular weight excluding hydrogens is 288 g/mol. The maximum atomic E-state index is 13.1. The third kappa shape index (κ3) is 2.32. The van der Waals surface area contributed by atoms with Crippen molar-refractivity contribution in [2.24, 2.45) is 0 Å². The van der Waals surface area contributed by atoms with Crippen LogP contribution in [0.2, 0.25) is 0 Å². The highest BCUT2D eigenvalue weighted by Gasteiger charge is 2.53. The zero-order valence-corrected chi connectivity index (χ0v) is 13.0. The van der Waals surface area contributed by atoms with E-state index >= 15 is 0 Å². The summed E-state index contributed by atoms with van der Waals surface area (Å²) in [4.78, 5) is 26.7. The Morgan fingerprint density at radius 3 is 2.26 bits per heavy atom. The molecule has 0 aromatic heterocycles. The number of amides is 3. The molecule has 1 aliphatic heterocycles. The molecular formula is C19H18N2O2. The Kier molecular flexibility index (Phi) is 3.74. The van der Waals surface area contributed by atoms with Crippen LogP contribution >= 0.6 is 0 Å². The number of urea groups is 1. The average Bonchev–Trinajstić information content (AvgIpc) is 2.82. The molecule has 4 heteroatoms. The molecule has 3 rings (SSSR count). The van der Waals surface area contributed by atoms with Crippen LogP contribution in [0.25, 0.3) is 0 Å². The van der Waals surface area contributed by atoms with E-state index in [4.69, 9.17) is 0 Å². The van der Waals surface area contributed by atoms with Gasteiger partial charge in [-0.15, -0.1) is 6.58 Å². The Morgan fingerprint density at radius 2 is 1.65 bits per heavy atom. The first-order valence-electron chi connectivity index (χ1n) is 7.47. The minimum atomic E-state index is -1.19. The first kappa shape index (κ1) is 15.0. The maximum Gasteiger partial charge on any atom is 0.325 e. The first-order valence-corrected chi connectivity index (χ1v) is 7.47.